The lowest BCUT2D eigenvalue weighted by Gasteiger charge is -2.19. The second-order valence-electron chi connectivity index (χ2n) is 6.51. The molecule has 1 aliphatic rings. The highest BCUT2D eigenvalue weighted by atomic mass is 79.9. The van der Waals surface area contributed by atoms with Crippen LogP contribution in [0.2, 0.25) is 5.02 Å². The summed E-state index contributed by atoms with van der Waals surface area (Å²) in [5.41, 5.74) is 1.15. The Balaban J connectivity index is 1.93. The van der Waals surface area contributed by atoms with Gasteiger partial charge in [0, 0.05) is 4.47 Å². The van der Waals surface area contributed by atoms with Gasteiger partial charge < -0.3 is 15.2 Å². The van der Waals surface area contributed by atoms with E-state index in [-0.39, 0.29) is 22.4 Å². The van der Waals surface area contributed by atoms with Crippen LogP contribution in [0.1, 0.15) is 45.5 Å². The monoisotopic (exact) mass is 451 g/mol. The fraction of sp³-hybridized carbons (Fsp3) is 0.300. The van der Waals surface area contributed by atoms with E-state index in [0.29, 0.717) is 28.4 Å². The number of ether oxygens (including phenoxy) is 1. The van der Waals surface area contributed by atoms with E-state index in [1.165, 1.54) is 0 Å². The highest BCUT2D eigenvalue weighted by Crippen LogP contribution is 2.37. The summed E-state index contributed by atoms with van der Waals surface area (Å²) < 4.78 is 6.12. The lowest BCUT2D eigenvalue weighted by Crippen LogP contribution is -2.40. The number of hydrogen-bond acceptors (Lipinski definition) is 4. The summed E-state index contributed by atoms with van der Waals surface area (Å²) in [5.74, 6) is -1.04. The fourth-order valence-electron chi connectivity index (χ4n) is 3.04. The molecule has 0 aliphatic heterocycles. The lowest BCUT2D eigenvalue weighted by atomic mass is 10.1. The van der Waals surface area contributed by atoms with Crippen LogP contribution in [0.25, 0.3) is 0 Å². The van der Waals surface area contributed by atoms with Gasteiger partial charge in [0.05, 0.1) is 28.3 Å². The van der Waals surface area contributed by atoms with Gasteiger partial charge in [-0.25, -0.2) is 4.79 Å². The third-order valence-corrected chi connectivity index (χ3v) is 5.93. The molecule has 1 amide bonds. The van der Waals surface area contributed by atoms with E-state index in [4.69, 9.17) is 16.3 Å². The van der Waals surface area contributed by atoms with E-state index in [9.17, 15) is 14.7 Å². The summed E-state index contributed by atoms with van der Waals surface area (Å²) >= 11 is 9.77. The second kappa shape index (κ2) is 8.42. The zero-order valence-corrected chi connectivity index (χ0v) is 17.0. The predicted octanol–water partition coefficient (Wildman–Crippen LogP) is 4.27. The minimum atomic E-state index is -0.603. The number of nitrogens with one attached hydrogen (secondary N) is 1. The molecule has 5 nitrogen and oxygen atoms in total. The Bertz CT molecular complexity index is 872. The smallest absolute Gasteiger partial charge is 0.343 e. The third kappa shape index (κ3) is 4.34. The highest BCUT2D eigenvalue weighted by molar-refractivity contribution is 9.10. The van der Waals surface area contributed by atoms with Gasteiger partial charge in [0.15, 0.2) is 5.75 Å². The van der Waals surface area contributed by atoms with Gasteiger partial charge in [-0.05, 0) is 49.9 Å². The molecule has 142 valence electrons. The molecule has 2 atom stereocenters. The SMILES string of the molecule is Cc1c(Br)cc(C(=O)N[C@H]2CCC[C@@H]2O)c(OC(=O)c2ccccc2)c1Cl. The Hall–Kier alpha value is -1.89. The first-order chi connectivity index (χ1) is 12.9. The first kappa shape index (κ1) is 19.9. The van der Waals surface area contributed by atoms with Gasteiger partial charge in [0.2, 0.25) is 0 Å². The van der Waals surface area contributed by atoms with Crippen LogP contribution in [0.4, 0.5) is 0 Å². The number of rotatable bonds is 4. The Morgan fingerprint density at radius 2 is 1.96 bits per heavy atom. The maximum atomic E-state index is 12.8. The molecule has 2 aromatic carbocycles. The molecule has 2 N–H and O–H groups in total. The van der Waals surface area contributed by atoms with Gasteiger partial charge in [-0.1, -0.05) is 45.7 Å². The van der Waals surface area contributed by atoms with Crippen molar-refractivity contribution in [2.45, 2.75) is 38.3 Å². The van der Waals surface area contributed by atoms with Crippen molar-refractivity contribution in [1.82, 2.24) is 5.32 Å². The number of carbonyl (C=O) groups excluding carboxylic acids is 2. The van der Waals surface area contributed by atoms with Crippen molar-refractivity contribution in [3.05, 3.63) is 62.6 Å². The van der Waals surface area contributed by atoms with Gasteiger partial charge in [0.25, 0.3) is 5.91 Å². The van der Waals surface area contributed by atoms with Crippen molar-refractivity contribution in [3.8, 4) is 5.75 Å². The maximum Gasteiger partial charge on any atom is 0.343 e. The van der Waals surface area contributed by atoms with E-state index in [0.717, 1.165) is 6.42 Å². The first-order valence-electron chi connectivity index (χ1n) is 8.63. The molecule has 0 bridgehead atoms. The quantitative estimate of drug-likeness (QED) is 0.536. The van der Waals surface area contributed by atoms with Crippen molar-refractivity contribution in [2.75, 3.05) is 0 Å². The van der Waals surface area contributed by atoms with E-state index in [1.54, 1.807) is 43.3 Å². The minimum absolute atomic E-state index is 0.0104. The molecule has 7 heteroatoms. The summed E-state index contributed by atoms with van der Waals surface area (Å²) in [5, 5.41) is 13.0. The van der Waals surface area contributed by atoms with Gasteiger partial charge in [0.1, 0.15) is 0 Å². The maximum absolute atomic E-state index is 12.8. The average molecular weight is 453 g/mol. The van der Waals surface area contributed by atoms with Crippen LogP contribution < -0.4 is 10.1 Å². The fourth-order valence-corrected chi connectivity index (χ4v) is 3.83. The van der Waals surface area contributed by atoms with Gasteiger partial charge in [-0.2, -0.15) is 0 Å². The molecule has 0 unspecified atom stereocenters. The normalized spacial score (nSPS) is 19.0. The van der Waals surface area contributed by atoms with Crippen LogP contribution in [-0.4, -0.2) is 29.1 Å². The molecule has 0 heterocycles. The Morgan fingerprint density at radius 3 is 2.59 bits per heavy atom. The molecule has 0 saturated heterocycles. The highest BCUT2D eigenvalue weighted by Gasteiger charge is 2.29. The number of benzene rings is 2. The van der Waals surface area contributed by atoms with Crippen molar-refractivity contribution in [1.29, 1.82) is 0 Å². The molecule has 2 aromatic rings. The number of esters is 1. The molecule has 27 heavy (non-hydrogen) atoms. The van der Waals surface area contributed by atoms with Crippen molar-refractivity contribution >= 4 is 39.4 Å². The van der Waals surface area contributed by atoms with Crippen LogP contribution in [0.5, 0.6) is 5.75 Å². The molecular weight excluding hydrogens is 434 g/mol. The van der Waals surface area contributed by atoms with Crippen molar-refractivity contribution in [3.63, 3.8) is 0 Å². The summed E-state index contributed by atoms with van der Waals surface area (Å²) in [4.78, 5) is 25.3. The number of aliphatic hydroxyl groups is 1. The molecular formula is C20H19BrClNO4. The summed E-state index contributed by atoms with van der Waals surface area (Å²) in [6, 6.07) is 9.73. The Labute approximate surface area is 170 Å². The average Bonchev–Trinajstić information content (AvgIpc) is 3.07. The van der Waals surface area contributed by atoms with Crippen LogP contribution >= 0.6 is 27.5 Å². The van der Waals surface area contributed by atoms with Gasteiger partial charge in [-0.15, -0.1) is 0 Å². The number of amides is 1. The Kier molecular flexibility index (Phi) is 6.19. The number of hydrogen-bond donors (Lipinski definition) is 2. The van der Waals surface area contributed by atoms with E-state index in [2.05, 4.69) is 21.2 Å². The Morgan fingerprint density at radius 1 is 1.26 bits per heavy atom. The van der Waals surface area contributed by atoms with E-state index < -0.39 is 18.0 Å². The van der Waals surface area contributed by atoms with Crippen LogP contribution in [0.3, 0.4) is 0 Å². The number of halogens is 2. The largest absolute Gasteiger partial charge is 0.420 e. The van der Waals surface area contributed by atoms with Crippen molar-refractivity contribution in [2.24, 2.45) is 0 Å². The third-order valence-electron chi connectivity index (χ3n) is 4.65. The number of carbonyl (C=O) groups is 2. The van der Waals surface area contributed by atoms with Gasteiger partial charge in [-0.3, -0.25) is 4.79 Å². The topological polar surface area (TPSA) is 75.6 Å². The molecule has 0 radical (unpaired) electrons. The molecule has 0 aromatic heterocycles. The zero-order chi connectivity index (χ0) is 19.6. The standard InChI is InChI=1S/C20H19BrClNO4/c1-11-14(21)10-13(19(25)23-15-8-5-9-16(15)24)18(17(11)22)27-20(26)12-6-3-2-4-7-12/h2-4,6-7,10,15-16,24H,5,8-9H2,1H3,(H,23,25)/t15-,16-/m0/s1. The molecule has 0 spiro atoms. The zero-order valence-electron chi connectivity index (χ0n) is 14.7. The van der Waals surface area contributed by atoms with Crippen LogP contribution in [-0.2, 0) is 0 Å². The predicted molar refractivity (Wildman–Crippen MR) is 106 cm³/mol. The van der Waals surface area contributed by atoms with Crippen LogP contribution in [0.15, 0.2) is 40.9 Å². The van der Waals surface area contributed by atoms with Crippen molar-refractivity contribution < 1.29 is 19.4 Å². The second-order valence-corrected chi connectivity index (χ2v) is 7.74. The van der Waals surface area contributed by atoms with E-state index >= 15 is 0 Å². The molecule has 1 saturated carbocycles. The van der Waals surface area contributed by atoms with Crippen LogP contribution in [0, 0.1) is 6.92 Å². The van der Waals surface area contributed by atoms with Gasteiger partial charge >= 0.3 is 5.97 Å². The first-order valence-corrected chi connectivity index (χ1v) is 9.80. The molecule has 1 fully saturated rings. The lowest BCUT2D eigenvalue weighted by molar-refractivity contribution is 0.0730. The molecule has 3 rings (SSSR count). The summed E-state index contributed by atoms with van der Waals surface area (Å²) in [6.45, 7) is 1.76. The minimum Gasteiger partial charge on any atom is -0.420 e. The van der Waals surface area contributed by atoms with E-state index in [1.807, 2.05) is 0 Å². The summed E-state index contributed by atoms with van der Waals surface area (Å²) in [6.07, 6.45) is 1.63. The summed E-state index contributed by atoms with van der Waals surface area (Å²) in [7, 11) is 0. The number of aliphatic hydroxyl groups excluding tert-OH is 1. The molecule has 1 aliphatic carbocycles.